The van der Waals surface area contributed by atoms with Gasteiger partial charge in [0, 0.05) is 26.3 Å². The molecule has 0 saturated carbocycles. The third kappa shape index (κ3) is 6.84. The number of nitrogens with zero attached hydrogens (tertiary/aromatic N) is 6. The second kappa shape index (κ2) is 12.1. The number of methoxy groups -OCH3 is 1. The summed E-state index contributed by atoms with van der Waals surface area (Å²) in [5.41, 5.74) is 1.88. The molecule has 0 spiro atoms. The van der Waals surface area contributed by atoms with Crippen molar-refractivity contribution in [1.29, 1.82) is 0 Å². The van der Waals surface area contributed by atoms with Crippen LogP contribution in [-0.4, -0.2) is 57.3 Å². The Morgan fingerprint density at radius 1 is 1.09 bits per heavy atom. The summed E-state index contributed by atoms with van der Waals surface area (Å²) < 4.78 is 11.6. The first kappa shape index (κ1) is 22.8. The Morgan fingerprint density at radius 2 is 1.91 bits per heavy atom. The van der Waals surface area contributed by atoms with Gasteiger partial charge in [-0.15, -0.1) is 5.10 Å². The van der Waals surface area contributed by atoms with Gasteiger partial charge in [0.15, 0.2) is 12.3 Å². The second-order valence-electron chi connectivity index (χ2n) is 6.68. The molecule has 0 saturated heterocycles. The van der Waals surface area contributed by atoms with Crippen LogP contribution in [0.4, 0.5) is 10.6 Å². The van der Waals surface area contributed by atoms with Crippen molar-refractivity contribution >= 4 is 17.6 Å². The number of carbonyl (C=O) groups excluding carboxylic acids is 1. The Kier molecular flexibility index (Phi) is 8.63. The van der Waals surface area contributed by atoms with Gasteiger partial charge in [0.1, 0.15) is 5.82 Å². The Balaban J connectivity index is 1.59. The van der Waals surface area contributed by atoms with Crippen molar-refractivity contribution in [3.05, 3.63) is 65.6 Å². The summed E-state index contributed by atoms with van der Waals surface area (Å²) in [4.78, 5) is 21.8. The summed E-state index contributed by atoms with van der Waals surface area (Å²) in [6, 6.07) is 14.7. The van der Waals surface area contributed by atoms with E-state index in [0.29, 0.717) is 36.3 Å². The van der Waals surface area contributed by atoms with Crippen molar-refractivity contribution in [2.24, 2.45) is 12.2 Å². The lowest BCUT2D eigenvalue weighted by atomic mass is 10.1. The lowest BCUT2D eigenvalue weighted by Crippen LogP contribution is -2.16. The van der Waals surface area contributed by atoms with Gasteiger partial charge in [0.2, 0.25) is 5.82 Å². The predicted octanol–water partition coefficient (Wildman–Crippen LogP) is 2.55. The van der Waals surface area contributed by atoms with E-state index in [4.69, 9.17) is 14.3 Å². The van der Waals surface area contributed by atoms with Gasteiger partial charge in [0.25, 0.3) is 0 Å². The Labute approximate surface area is 185 Å². The van der Waals surface area contributed by atoms with Crippen LogP contribution in [0, 0.1) is 0 Å². The number of nitrogens with one attached hydrogen (secondary N) is 1. The molecule has 0 aliphatic rings. The van der Waals surface area contributed by atoms with Crippen molar-refractivity contribution in [3.63, 3.8) is 0 Å². The highest BCUT2D eigenvalue weighted by Crippen LogP contribution is 2.10. The van der Waals surface area contributed by atoms with Gasteiger partial charge < -0.3 is 14.3 Å². The number of aryl methyl sites for hydroxylation is 1. The van der Waals surface area contributed by atoms with Gasteiger partial charge in [-0.3, -0.25) is 5.32 Å². The average Bonchev–Trinajstić information content (AvgIpc) is 3.23. The van der Waals surface area contributed by atoms with Gasteiger partial charge in [0.05, 0.1) is 12.3 Å². The van der Waals surface area contributed by atoms with E-state index in [1.165, 1.54) is 4.68 Å². The molecule has 0 fully saturated rings. The zero-order chi connectivity index (χ0) is 22.6. The highest BCUT2D eigenvalue weighted by atomic mass is 16.6. The Morgan fingerprint density at radius 3 is 2.66 bits per heavy atom. The maximum absolute atomic E-state index is 11.9. The van der Waals surface area contributed by atoms with Crippen LogP contribution in [0.25, 0.3) is 0 Å². The molecular formula is C21H25N7O4. The molecule has 3 rings (SSSR count). The van der Waals surface area contributed by atoms with Crippen LogP contribution in [0.5, 0.6) is 0 Å². The molecule has 3 aromatic rings. The van der Waals surface area contributed by atoms with Crippen molar-refractivity contribution < 1.29 is 19.1 Å². The van der Waals surface area contributed by atoms with Crippen molar-refractivity contribution in [2.45, 2.75) is 19.4 Å². The number of ether oxygens (including phenoxy) is 2. The molecule has 32 heavy (non-hydrogen) atoms. The molecule has 0 aliphatic carbocycles. The summed E-state index contributed by atoms with van der Waals surface area (Å²) >= 11 is 0. The molecule has 11 heteroatoms. The number of anilines is 1. The van der Waals surface area contributed by atoms with E-state index < -0.39 is 6.09 Å². The van der Waals surface area contributed by atoms with E-state index in [0.717, 1.165) is 18.4 Å². The first-order valence-electron chi connectivity index (χ1n) is 10.0. The van der Waals surface area contributed by atoms with Crippen molar-refractivity contribution in [1.82, 2.24) is 25.2 Å². The van der Waals surface area contributed by atoms with Gasteiger partial charge in [-0.05, 0) is 35.4 Å². The molecule has 0 radical (unpaired) electrons. The van der Waals surface area contributed by atoms with Crippen LogP contribution >= 0.6 is 0 Å². The third-order valence-electron chi connectivity index (χ3n) is 4.26. The molecule has 2 heterocycles. The monoisotopic (exact) mass is 439 g/mol. The summed E-state index contributed by atoms with van der Waals surface area (Å²) in [7, 11) is 3.36. The highest BCUT2D eigenvalue weighted by Gasteiger charge is 2.15. The van der Waals surface area contributed by atoms with Crippen LogP contribution in [0.3, 0.4) is 0 Å². The number of benzene rings is 1. The van der Waals surface area contributed by atoms with Crippen molar-refractivity contribution in [3.8, 4) is 0 Å². The Hall–Kier alpha value is -3.86. The van der Waals surface area contributed by atoms with Crippen LogP contribution < -0.4 is 5.32 Å². The minimum absolute atomic E-state index is 0.0865. The number of unbranched alkanes of at least 4 members (excludes halogenated alkanes) is 1. The number of rotatable bonds is 11. The maximum atomic E-state index is 11.9. The van der Waals surface area contributed by atoms with Crippen LogP contribution in [0.2, 0.25) is 0 Å². The molecule has 0 unspecified atom stereocenters. The van der Waals surface area contributed by atoms with Gasteiger partial charge >= 0.3 is 6.09 Å². The molecule has 0 aliphatic heterocycles. The number of pyridine rings is 1. The van der Waals surface area contributed by atoms with Gasteiger partial charge in [-0.25, -0.2) is 14.5 Å². The summed E-state index contributed by atoms with van der Waals surface area (Å²) in [5, 5.41) is 18.4. The fourth-order valence-corrected chi connectivity index (χ4v) is 2.70. The number of amides is 1. The average molecular weight is 439 g/mol. The van der Waals surface area contributed by atoms with E-state index in [1.807, 2.05) is 30.3 Å². The van der Waals surface area contributed by atoms with Gasteiger partial charge in [-0.2, -0.15) is 0 Å². The largest absolute Gasteiger partial charge is 0.449 e. The molecule has 2 aromatic heterocycles. The smallest absolute Gasteiger partial charge is 0.412 e. The fraction of sp³-hybridized carbons (Fsp3) is 0.333. The summed E-state index contributed by atoms with van der Waals surface area (Å²) in [5.74, 6) is 0.825. The van der Waals surface area contributed by atoms with E-state index in [-0.39, 0.29) is 6.61 Å². The summed E-state index contributed by atoms with van der Waals surface area (Å²) in [6.07, 6.45) is 0.989. The molecule has 1 N–H and O–H groups in total. The first-order chi connectivity index (χ1) is 15.7. The zero-order valence-electron chi connectivity index (χ0n) is 18.0. The predicted molar refractivity (Wildman–Crippen MR) is 116 cm³/mol. The number of hydrogen-bond donors (Lipinski definition) is 1. The Bertz CT molecular complexity index is 1020. The SMILES string of the molecule is COCCCCOC(=O)Nc1cccc(CO/N=C(/c2ccccc2)c2nnnn2C)n1. The maximum Gasteiger partial charge on any atom is 0.412 e. The standard InChI is InChI=1S/C21H25N7O4/c1-28-20(24-26-27-28)19(16-9-4-3-5-10-16)25-32-15-17-11-8-12-18(22-17)23-21(29)31-14-7-6-13-30-2/h3-5,8-12H,6-7,13-15H2,1-2H3,(H,22,23,29)/b25-19-. The summed E-state index contributed by atoms with van der Waals surface area (Å²) in [6.45, 7) is 1.03. The number of aromatic nitrogens is 5. The number of carbonyl (C=O) groups is 1. The highest BCUT2D eigenvalue weighted by molar-refractivity contribution is 6.10. The number of oxime groups is 1. The van der Waals surface area contributed by atoms with E-state index in [2.05, 4.69) is 31.0 Å². The number of hydrogen-bond acceptors (Lipinski definition) is 9. The van der Waals surface area contributed by atoms with Crippen LogP contribution in [-0.2, 0) is 28.0 Å². The quantitative estimate of drug-likeness (QED) is 0.274. The van der Waals surface area contributed by atoms with Crippen LogP contribution in [0.1, 0.15) is 29.9 Å². The number of tetrazole rings is 1. The lowest BCUT2D eigenvalue weighted by molar-refractivity contribution is 0.128. The molecule has 168 valence electrons. The van der Waals surface area contributed by atoms with Gasteiger partial charge in [-0.1, -0.05) is 41.6 Å². The molecule has 1 amide bonds. The van der Waals surface area contributed by atoms with E-state index >= 15 is 0 Å². The van der Waals surface area contributed by atoms with E-state index in [9.17, 15) is 4.79 Å². The minimum atomic E-state index is -0.563. The minimum Gasteiger partial charge on any atom is -0.449 e. The molecule has 0 atom stereocenters. The molecule has 0 bridgehead atoms. The first-order valence-corrected chi connectivity index (χ1v) is 10.0. The third-order valence-corrected chi connectivity index (χ3v) is 4.26. The van der Waals surface area contributed by atoms with Crippen molar-refractivity contribution in [2.75, 3.05) is 25.6 Å². The molecular weight excluding hydrogens is 414 g/mol. The molecule has 11 nitrogen and oxygen atoms in total. The zero-order valence-corrected chi connectivity index (χ0v) is 18.0. The lowest BCUT2D eigenvalue weighted by Gasteiger charge is -2.08. The second-order valence-corrected chi connectivity index (χ2v) is 6.68. The fourth-order valence-electron chi connectivity index (χ4n) is 2.70. The topological polar surface area (TPSA) is 126 Å². The van der Waals surface area contributed by atoms with Crippen LogP contribution in [0.15, 0.2) is 53.7 Å². The normalized spacial score (nSPS) is 11.2. The molecule has 1 aromatic carbocycles. The van der Waals surface area contributed by atoms with E-state index in [1.54, 1.807) is 32.4 Å².